The van der Waals surface area contributed by atoms with Gasteiger partial charge < -0.3 is 11.5 Å². The van der Waals surface area contributed by atoms with Gasteiger partial charge in [0.05, 0.1) is 23.3 Å². The first-order valence-corrected chi connectivity index (χ1v) is 9.79. The van der Waals surface area contributed by atoms with Gasteiger partial charge in [0.2, 0.25) is 5.91 Å². The largest absolute Gasteiger partial charge is 0.366 e. The average Bonchev–Trinajstić information content (AvgIpc) is 3.01. The number of nitrogens with zero attached hydrogens (tertiary/aromatic N) is 3. The lowest BCUT2D eigenvalue weighted by Gasteiger charge is -2.15. The van der Waals surface area contributed by atoms with E-state index in [4.69, 9.17) is 11.5 Å². The van der Waals surface area contributed by atoms with E-state index in [0.29, 0.717) is 17.0 Å². The number of benzene rings is 2. The second-order valence-electron chi connectivity index (χ2n) is 7.54. The fraction of sp³-hybridized carbons (Fsp3) is 0.130. The fourth-order valence-corrected chi connectivity index (χ4v) is 3.94. The summed E-state index contributed by atoms with van der Waals surface area (Å²) in [7, 11) is 0. The van der Waals surface area contributed by atoms with Gasteiger partial charge in [0.1, 0.15) is 23.1 Å². The molecule has 0 saturated heterocycles. The molecule has 0 radical (unpaired) electrons. The molecule has 0 spiro atoms. The van der Waals surface area contributed by atoms with Crippen molar-refractivity contribution < 1.29 is 22.8 Å². The van der Waals surface area contributed by atoms with E-state index in [1.165, 1.54) is 16.8 Å². The second-order valence-corrected chi connectivity index (χ2v) is 7.54. The van der Waals surface area contributed by atoms with Crippen molar-refractivity contribution in [2.45, 2.75) is 20.4 Å². The van der Waals surface area contributed by atoms with Crippen molar-refractivity contribution in [3.63, 3.8) is 0 Å². The van der Waals surface area contributed by atoms with Crippen molar-refractivity contribution in [3.05, 3.63) is 82.1 Å². The average molecular weight is 453 g/mol. The molecule has 0 aliphatic rings. The van der Waals surface area contributed by atoms with Crippen LogP contribution in [-0.4, -0.2) is 26.6 Å². The van der Waals surface area contributed by atoms with Crippen LogP contribution in [0.4, 0.5) is 13.2 Å². The Balaban J connectivity index is 2.00. The van der Waals surface area contributed by atoms with Crippen molar-refractivity contribution in [1.82, 2.24) is 14.8 Å². The summed E-state index contributed by atoms with van der Waals surface area (Å²) >= 11 is 0. The number of rotatable bonds is 5. The van der Waals surface area contributed by atoms with Crippen LogP contribution < -0.4 is 11.5 Å². The van der Waals surface area contributed by atoms with Crippen LogP contribution in [0.3, 0.4) is 0 Å². The molecule has 0 aliphatic heterocycles. The van der Waals surface area contributed by atoms with Gasteiger partial charge in [-0.15, -0.1) is 0 Å². The molecule has 0 saturated carbocycles. The third kappa shape index (κ3) is 3.79. The van der Waals surface area contributed by atoms with E-state index in [1.54, 1.807) is 13.8 Å². The Morgan fingerprint density at radius 3 is 2.24 bits per heavy atom. The smallest absolute Gasteiger partial charge is 0.267 e. The number of primary amides is 2. The summed E-state index contributed by atoms with van der Waals surface area (Å²) in [6.07, 6.45) is 0. The number of halogens is 3. The number of fused-ring (bicyclic) bond motifs is 1. The standard InChI is InChI=1S/C23H18F3N5O2/c1-10-18(11(2)31(30-10)9-12-3-4-13(24)7-16(12)26)20-19(22(27)32)15-6-5-14(25)8-17(15)29-21(20)23(28)33/h3-8H,9H2,1-2H3,(H2,27,32)(H2,28,33). The number of carbonyl (C=O) groups is 2. The van der Waals surface area contributed by atoms with E-state index < -0.39 is 29.3 Å². The first-order valence-electron chi connectivity index (χ1n) is 9.79. The van der Waals surface area contributed by atoms with Crippen LogP contribution in [0.1, 0.15) is 37.8 Å². The van der Waals surface area contributed by atoms with Crippen molar-refractivity contribution in [1.29, 1.82) is 0 Å². The number of aromatic nitrogens is 3. The number of hydrogen-bond donors (Lipinski definition) is 2. The molecule has 0 aliphatic carbocycles. The molecule has 2 aromatic heterocycles. The maximum atomic E-state index is 14.2. The van der Waals surface area contributed by atoms with Gasteiger partial charge in [0.25, 0.3) is 5.91 Å². The zero-order valence-electron chi connectivity index (χ0n) is 17.6. The number of carbonyl (C=O) groups excluding carboxylic acids is 2. The quantitative estimate of drug-likeness (QED) is 0.482. The van der Waals surface area contributed by atoms with E-state index in [0.717, 1.165) is 24.3 Å². The first-order chi connectivity index (χ1) is 15.6. The minimum absolute atomic E-state index is 0.0389. The van der Waals surface area contributed by atoms with Gasteiger partial charge in [0.15, 0.2) is 0 Å². The van der Waals surface area contributed by atoms with Crippen LogP contribution in [0.15, 0.2) is 36.4 Å². The van der Waals surface area contributed by atoms with Crippen molar-refractivity contribution in [3.8, 4) is 11.1 Å². The van der Waals surface area contributed by atoms with Gasteiger partial charge in [-0.25, -0.2) is 18.2 Å². The monoisotopic (exact) mass is 453 g/mol. The number of amides is 2. The highest BCUT2D eigenvalue weighted by atomic mass is 19.1. The summed E-state index contributed by atoms with van der Waals surface area (Å²) in [4.78, 5) is 29.0. The van der Waals surface area contributed by atoms with Gasteiger partial charge in [0, 0.05) is 39.9 Å². The fourth-order valence-electron chi connectivity index (χ4n) is 3.94. The summed E-state index contributed by atoms with van der Waals surface area (Å²) in [5.74, 6) is -3.89. The van der Waals surface area contributed by atoms with Gasteiger partial charge in [-0.3, -0.25) is 14.3 Å². The Bertz CT molecular complexity index is 1460. The van der Waals surface area contributed by atoms with Gasteiger partial charge >= 0.3 is 0 Å². The predicted octanol–water partition coefficient (Wildman–Crippen LogP) is 3.38. The topological polar surface area (TPSA) is 117 Å². The van der Waals surface area contributed by atoms with Gasteiger partial charge in [-0.1, -0.05) is 6.07 Å². The molecule has 0 unspecified atom stereocenters. The van der Waals surface area contributed by atoms with Crippen molar-refractivity contribution >= 4 is 22.7 Å². The third-order valence-electron chi connectivity index (χ3n) is 5.39. The maximum Gasteiger partial charge on any atom is 0.267 e. The highest BCUT2D eigenvalue weighted by molar-refractivity contribution is 6.15. The predicted molar refractivity (Wildman–Crippen MR) is 115 cm³/mol. The molecule has 0 atom stereocenters. The highest BCUT2D eigenvalue weighted by Gasteiger charge is 2.28. The number of pyridine rings is 1. The van der Waals surface area contributed by atoms with E-state index in [-0.39, 0.29) is 39.8 Å². The number of nitrogens with two attached hydrogens (primary N) is 2. The van der Waals surface area contributed by atoms with Gasteiger partial charge in [-0.05, 0) is 32.0 Å². The van der Waals surface area contributed by atoms with Crippen LogP contribution in [0.25, 0.3) is 22.0 Å². The Labute approximate surface area is 185 Å². The van der Waals surface area contributed by atoms with Crippen molar-refractivity contribution in [2.75, 3.05) is 0 Å². The molecule has 4 aromatic rings. The van der Waals surface area contributed by atoms with Crippen LogP contribution >= 0.6 is 0 Å². The highest BCUT2D eigenvalue weighted by Crippen LogP contribution is 2.36. The summed E-state index contributed by atoms with van der Waals surface area (Å²) in [6, 6.07) is 6.76. The summed E-state index contributed by atoms with van der Waals surface area (Å²) < 4.78 is 42.7. The normalized spacial score (nSPS) is 11.2. The van der Waals surface area contributed by atoms with Gasteiger partial charge in [-0.2, -0.15) is 5.10 Å². The van der Waals surface area contributed by atoms with E-state index in [2.05, 4.69) is 10.1 Å². The van der Waals surface area contributed by atoms with Crippen LogP contribution in [-0.2, 0) is 6.54 Å². The Morgan fingerprint density at radius 1 is 0.939 bits per heavy atom. The molecule has 2 heterocycles. The van der Waals surface area contributed by atoms with E-state index >= 15 is 0 Å². The van der Waals surface area contributed by atoms with E-state index in [1.807, 2.05) is 0 Å². The number of hydrogen-bond acceptors (Lipinski definition) is 4. The van der Waals surface area contributed by atoms with Crippen LogP contribution in [0.2, 0.25) is 0 Å². The molecule has 0 fully saturated rings. The second kappa shape index (κ2) is 8.05. The molecule has 10 heteroatoms. The zero-order valence-corrected chi connectivity index (χ0v) is 17.6. The minimum atomic E-state index is -0.949. The third-order valence-corrected chi connectivity index (χ3v) is 5.39. The molecule has 4 rings (SSSR count). The zero-order chi connectivity index (χ0) is 24.0. The van der Waals surface area contributed by atoms with E-state index in [9.17, 15) is 22.8 Å². The minimum Gasteiger partial charge on any atom is -0.366 e. The molecule has 168 valence electrons. The Morgan fingerprint density at radius 2 is 1.61 bits per heavy atom. The maximum absolute atomic E-state index is 14.2. The molecule has 33 heavy (non-hydrogen) atoms. The molecule has 7 nitrogen and oxygen atoms in total. The lowest BCUT2D eigenvalue weighted by atomic mass is 9.92. The molecule has 2 amide bonds. The first kappa shape index (κ1) is 22.0. The van der Waals surface area contributed by atoms with Crippen LogP contribution in [0.5, 0.6) is 0 Å². The molecular weight excluding hydrogens is 435 g/mol. The lowest BCUT2D eigenvalue weighted by molar-refractivity contribution is 0.0996. The lowest BCUT2D eigenvalue weighted by Crippen LogP contribution is -2.21. The Hall–Kier alpha value is -4.21. The molecule has 0 bridgehead atoms. The van der Waals surface area contributed by atoms with Crippen LogP contribution in [0, 0.1) is 31.3 Å². The Kier molecular flexibility index (Phi) is 5.36. The van der Waals surface area contributed by atoms with Crippen molar-refractivity contribution in [2.24, 2.45) is 11.5 Å². The molecule has 4 N–H and O–H groups in total. The molecular formula is C23H18F3N5O2. The SMILES string of the molecule is Cc1nn(Cc2ccc(F)cc2F)c(C)c1-c1c(C(N)=O)nc2cc(F)ccc2c1C(N)=O. The molecule has 2 aromatic carbocycles. The summed E-state index contributed by atoms with van der Waals surface area (Å²) in [5, 5.41) is 4.64. The summed E-state index contributed by atoms with van der Waals surface area (Å²) in [6.45, 7) is 3.24. The number of aryl methyl sites for hydroxylation is 1. The summed E-state index contributed by atoms with van der Waals surface area (Å²) in [5.41, 5.74) is 12.4.